The first-order valence-corrected chi connectivity index (χ1v) is 10.9. The van der Waals surface area contributed by atoms with Crippen molar-refractivity contribution in [3.05, 3.63) is 54.1 Å². The van der Waals surface area contributed by atoms with E-state index in [-0.39, 0.29) is 10.9 Å². The number of benzene rings is 2. The van der Waals surface area contributed by atoms with E-state index < -0.39 is 10.0 Å². The minimum atomic E-state index is -3.58. The minimum absolute atomic E-state index is 0.273. The molecule has 0 aliphatic heterocycles. The lowest BCUT2D eigenvalue weighted by Gasteiger charge is -2.14. The summed E-state index contributed by atoms with van der Waals surface area (Å²) in [5, 5.41) is 0. The summed E-state index contributed by atoms with van der Waals surface area (Å²) in [6, 6.07) is 14.3. The van der Waals surface area contributed by atoms with E-state index in [0.29, 0.717) is 0 Å². The molecule has 0 radical (unpaired) electrons. The van der Waals surface area contributed by atoms with E-state index in [0.717, 1.165) is 25.9 Å². The Morgan fingerprint density at radius 2 is 1.96 bits per heavy atom. The van der Waals surface area contributed by atoms with Gasteiger partial charge in [-0.3, -0.25) is 0 Å². The van der Waals surface area contributed by atoms with Crippen molar-refractivity contribution in [2.24, 2.45) is 0 Å². The van der Waals surface area contributed by atoms with Crippen molar-refractivity contribution in [2.45, 2.75) is 29.1 Å². The Morgan fingerprint density at radius 3 is 2.67 bits per heavy atom. The normalized spacial score (nSPS) is 13.2. The van der Waals surface area contributed by atoms with Crippen molar-refractivity contribution in [2.75, 3.05) is 5.75 Å². The Balaban J connectivity index is 1.87. The van der Waals surface area contributed by atoms with Crippen LogP contribution in [0.4, 0.5) is 0 Å². The topological polar surface area (TPSA) is 59.1 Å². The van der Waals surface area contributed by atoms with Gasteiger partial charge in [0.2, 0.25) is 10.0 Å². The quantitative estimate of drug-likeness (QED) is 0.644. The summed E-state index contributed by atoms with van der Waals surface area (Å²) in [7, 11) is -3.58. The number of sulfonamides is 1. The summed E-state index contributed by atoms with van der Waals surface area (Å²) in [6.07, 6.45) is 0. The highest BCUT2D eigenvalue weighted by Gasteiger charge is 2.19. The summed E-state index contributed by atoms with van der Waals surface area (Å²) < 4.78 is 29.9. The van der Waals surface area contributed by atoms with Gasteiger partial charge in [-0.15, -0.1) is 11.3 Å². The Kier molecular flexibility index (Phi) is 5.24. The van der Waals surface area contributed by atoms with Gasteiger partial charge in [0.15, 0.2) is 4.34 Å². The van der Waals surface area contributed by atoms with Crippen molar-refractivity contribution >= 4 is 43.3 Å². The summed E-state index contributed by atoms with van der Waals surface area (Å²) in [6.45, 7) is 3.91. The van der Waals surface area contributed by atoms with Crippen LogP contribution in [-0.2, 0) is 10.0 Å². The highest BCUT2D eigenvalue weighted by Crippen LogP contribution is 2.31. The first kappa shape index (κ1) is 17.4. The molecule has 0 saturated heterocycles. The van der Waals surface area contributed by atoms with Crippen LogP contribution in [-0.4, -0.2) is 19.2 Å². The molecular weight excluding hydrogens is 360 g/mol. The summed E-state index contributed by atoms with van der Waals surface area (Å²) >= 11 is 3.19. The maximum absolute atomic E-state index is 12.7. The zero-order chi connectivity index (χ0) is 17.2. The minimum Gasteiger partial charge on any atom is -0.230 e. The first-order valence-electron chi connectivity index (χ1n) is 7.60. The van der Waals surface area contributed by atoms with Gasteiger partial charge in [0.25, 0.3) is 0 Å². The molecule has 3 rings (SSSR count). The third-order valence-electron chi connectivity index (χ3n) is 3.55. The molecule has 2 aromatic carbocycles. The van der Waals surface area contributed by atoms with Crippen molar-refractivity contribution in [3.63, 3.8) is 0 Å². The lowest BCUT2D eigenvalue weighted by molar-refractivity contribution is 0.567. The van der Waals surface area contributed by atoms with Crippen LogP contribution in [0.2, 0.25) is 0 Å². The Bertz CT molecular complexity index is 937. The molecule has 0 aliphatic carbocycles. The highest BCUT2D eigenvalue weighted by atomic mass is 32.2. The third-order valence-corrected chi connectivity index (χ3v) is 7.13. The molecule has 0 aliphatic rings. The van der Waals surface area contributed by atoms with Gasteiger partial charge in [0.1, 0.15) is 0 Å². The maximum Gasteiger partial charge on any atom is 0.241 e. The number of thioether (sulfide) groups is 1. The van der Waals surface area contributed by atoms with Gasteiger partial charge in [-0.1, -0.05) is 49.0 Å². The molecular formula is C17H18N2O2S3. The average Bonchev–Trinajstić information content (AvgIpc) is 2.97. The molecule has 0 amide bonds. The van der Waals surface area contributed by atoms with Crippen molar-refractivity contribution < 1.29 is 8.42 Å². The van der Waals surface area contributed by atoms with Crippen LogP contribution in [0.25, 0.3) is 10.2 Å². The van der Waals surface area contributed by atoms with E-state index in [1.807, 2.05) is 37.3 Å². The fraction of sp³-hybridized carbons (Fsp3) is 0.235. The van der Waals surface area contributed by atoms with Crippen LogP contribution in [0, 0.1) is 0 Å². The predicted molar refractivity (Wildman–Crippen MR) is 101 cm³/mol. The van der Waals surface area contributed by atoms with Crippen molar-refractivity contribution in [1.29, 1.82) is 0 Å². The van der Waals surface area contributed by atoms with Gasteiger partial charge in [0, 0.05) is 6.04 Å². The zero-order valence-corrected chi connectivity index (χ0v) is 15.8. The SMILES string of the molecule is CCSc1nc2ccc(S(=O)(=O)NC(C)c3ccccc3)cc2s1. The fourth-order valence-electron chi connectivity index (χ4n) is 2.35. The zero-order valence-electron chi connectivity index (χ0n) is 13.4. The van der Waals surface area contributed by atoms with Crippen LogP contribution in [0.3, 0.4) is 0 Å². The second-order valence-electron chi connectivity index (χ2n) is 5.30. The number of nitrogens with one attached hydrogen (secondary N) is 1. The highest BCUT2D eigenvalue weighted by molar-refractivity contribution is 8.01. The molecule has 126 valence electrons. The molecule has 24 heavy (non-hydrogen) atoms. The van der Waals surface area contributed by atoms with Gasteiger partial charge in [-0.25, -0.2) is 18.1 Å². The van der Waals surface area contributed by atoms with E-state index in [1.165, 1.54) is 11.3 Å². The second kappa shape index (κ2) is 7.23. The van der Waals surface area contributed by atoms with Crippen LogP contribution in [0.15, 0.2) is 57.8 Å². The largest absolute Gasteiger partial charge is 0.241 e. The average molecular weight is 379 g/mol. The van der Waals surface area contributed by atoms with Crippen LogP contribution in [0.1, 0.15) is 25.5 Å². The lowest BCUT2D eigenvalue weighted by Crippen LogP contribution is -2.26. The molecule has 0 saturated carbocycles. The number of aromatic nitrogens is 1. The Morgan fingerprint density at radius 1 is 1.21 bits per heavy atom. The number of hydrogen-bond acceptors (Lipinski definition) is 5. The number of nitrogens with zero attached hydrogens (tertiary/aromatic N) is 1. The smallest absolute Gasteiger partial charge is 0.230 e. The molecule has 1 atom stereocenters. The van der Waals surface area contributed by atoms with Crippen LogP contribution < -0.4 is 4.72 Å². The molecule has 1 aromatic heterocycles. The molecule has 3 aromatic rings. The number of hydrogen-bond donors (Lipinski definition) is 1. The first-order chi connectivity index (χ1) is 11.5. The molecule has 1 N–H and O–H groups in total. The molecule has 4 nitrogen and oxygen atoms in total. The monoisotopic (exact) mass is 378 g/mol. The molecule has 1 heterocycles. The second-order valence-corrected chi connectivity index (χ2v) is 9.55. The fourth-order valence-corrected chi connectivity index (χ4v) is 5.68. The van der Waals surface area contributed by atoms with E-state index in [4.69, 9.17) is 0 Å². The van der Waals surface area contributed by atoms with Crippen molar-refractivity contribution in [1.82, 2.24) is 9.71 Å². The predicted octanol–water partition coefficient (Wildman–Crippen LogP) is 4.45. The Labute approximate surface area is 150 Å². The molecule has 1 unspecified atom stereocenters. The van der Waals surface area contributed by atoms with Gasteiger partial charge in [-0.05, 0) is 36.4 Å². The van der Waals surface area contributed by atoms with Crippen LogP contribution in [0.5, 0.6) is 0 Å². The van der Waals surface area contributed by atoms with E-state index in [2.05, 4.69) is 16.6 Å². The van der Waals surface area contributed by atoms with Gasteiger partial charge >= 0.3 is 0 Å². The van der Waals surface area contributed by atoms with E-state index in [9.17, 15) is 8.42 Å². The van der Waals surface area contributed by atoms with Crippen molar-refractivity contribution in [3.8, 4) is 0 Å². The lowest BCUT2D eigenvalue weighted by atomic mass is 10.1. The van der Waals surface area contributed by atoms with E-state index in [1.54, 1.807) is 30.0 Å². The molecule has 0 spiro atoms. The summed E-state index contributed by atoms with van der Waals surface area (Å²) in [4.78, 5) is 4.77. The molecule has 7 heteroatoms. The summed E-state index contributed by atoms with van der Waals surface area (Å²) in [5.41, 5.74) is 1.77. The Hall–Kier alpha value is -1.41. The summed E-state index contributed by atoms with van der Waals surface area (Å²) in [5.74, 6) is 0.946. The van der Waals surface area contributed by atoms with Gasteiger partial charge < -0.3 is 0 Å². The molecule has 0 fully saturated rings. The van der Waals surface area contributed by atoms with E-state index >= 15 is 0 Å². The number of fused-ring (bicyclic) bond motifs is 1. The number of rotatable bonds is 6. The third kappa shape index (κ3) is 3.80. The standard InChI is InChI=1S/C17H18N2O2S3/c1-3-22-17-18-15-10-9-14(11-16(15)23-17)24(20,21)19-12(2)13-7-5-4-6-8-13/h4-12,19H,3H2,1-2H3. The molecule has 0 bridgehead atoms. The maximum atomic E-state index is 12.7. The van der Waals surface area contributed by atoms with Gasteiger partial charge in [-0.2, -0.15) is 0 Å². The number of thiazole rings is 1. The van der Waals surface area contributed by atoms with Gasteiger partial charge in [0.05, 0.1) is 15.1 Å². The van der Waals surface area contributed by atoms with Crippen LogP contribution >= 0.6 is 23.1 Å².